The third-order valence-corrected chi connectivity index (χ3v) is 8.97. The molecule has 1 amide bonds. The molecule has 8 heteroatoms. The fourth-order valence-electron chi connectivity index (χ4n) is 6.28. The van der Waals surface area contributed by atoms with Crippen LogP contribution in [-0.2, 0) is 16.8 Å². The molecule has 40 heavy (non-hydrogen) atoms. The molecule has 0 aromatic heterocycles. The van der Waals surface area contributed by atoms with Crippen LogP contribution in [-0.4, -0.2) is 40.7 Å². The Hall–Kier alpha value is -3.03. The highest BCUT2D eigenvalue weighted by Crippen LogP contribution is 2.63. The van der Waals surface area contributed by atoms with Gasteiger partial charge in [-0.1, -0.05) is 30.3 Å². The van der Waals surface area contributed by atoms with Crippen LogP contribution in [0, 0.1) is 5.41 Å². The third kappa shape index (κ3) is 6.47. The molecular weight excluding hydrogens is 519 g/mol. The number of para-hydroxylation sites is 1. The first-order valence-electron chi connectivity index (χ1n) is 14.7. The topological polar surface area (TPSA) is 66.8 Å². The van der Waals surface area contributed by atoms with Crippen LogP contribution in [0.15, 0.2) is 48.5 Å². The number of hydrogen-bond acceptors (Lipinski definition) is 3. The van der Waals surface area contributed by atoms with Crippen molar-refractivity contribution < 1.29 is 34.0 Å². The molecule has 218 valence electrons. The van der Waals surface area contributed by atoms with Gasteiger partial charge in [-0.3, -0.25) is 9.59 Å². The lowest BCUT2D eigenvalue weighted by Crippen LogP contribution is -2.51. The van der Waals surface area contributed by atoms with Gasteiger partial charge in [0.15, 0.2) is 0 Å². The van der Waals surface area contributed by atoms with E-state index in [4.69, 9.17) is 11.2 Å². The lowest BCUT2D eigenvalue weighted by atomic mass is 9.51. The predicted molar refractivity (Wildman–Crippen MR) is 147 cm³/mol. The van der Waals surface area contributed by atoms with Crippen LogP contribution in [0.25, 0.3) is 0 Å². The molecule has 0 heterocycles. The Morgan fingerprint density at radius 2 is 1.60 bits per heavy atom. The third-order valence-electron chi connectivity index (χ3n) is 8.97. The summed E-state index contributed by atoms with van der Waals surface area (Å²) in [6.45, 7) is 3.89. The molecule has 5 rings (SSSR count). The zero-order valence-electron chi connectivity index (χ0n) is 24.4. The Kier molecular flexibility index (Phi) is 8.71. The fraction of sp³-hybridized carbons (Fsp3) is 0.562. The number of benzene rings is 2. The SMILES string of the molecule is [2H]C(C)(C)N(Cc1ccccc1OCCCCCC(=O)O)C(=O)c1ccc(C23CCC(C(F)(F)F)(CC2)CC3)cc1. The zero-order chi connectivity index (χ0) is 29.9. The van der Waals surface area contributed by atoms with Crippen LogP contribution in [0.2, 0.25) is 0 Å². The molecule has 3 aliphatic carbocycles. The minimum atomic E-state index is -4.16. The molecule has 3 fully saturated rings. The van der Waals surface area contributed by atoms with Gasteiger partial charge in [0, 0.05) is 30.1 Å². The van der Waals surface area contributed by atoms with E-state index in [1.807, 2.05) is 36.4 Å². The summed E-state index contributed by atoms with van der Waals surface area (Å²) < 4.78 is 55.7. The average Bonchev–Trinajstić information content (AvgIpc) is 2.93. The highest BCUT2D eigenvalue weighted by Gasteiger charge is 2.61. The van der Waals surface area contributed by atoms with Gasteiger partial charge in [0.25, 0.3) is 5.91 Å². The van der Waals surface area contributed by atoms with Gasteiger partial charge < -0.3 is 14.7 Å². The maximum absolute atomic E-state index is 13.7. The number of halogens is 3. The summed E-state index contributed by atoms with van der Waals surface area (Å²) in [7, 11) is 0. The Bertz CT molecular complexity index is 1200. The first-order chi connectivity index (χ1) is 19.3. The van der Waals surface area contributed by atoms with E-state index in [0.29, 0.717) is 50.0 Å². The minimum absolute atomic E-state index is 0.132. The number of hydrogen-bond donors (Lipinski definition) is 1. The number of carboxylic acid groups (broad SMARTS) is 1. The number of carbonyl (C=O) groups is 2. The van der Waals surface area contributed by atoms with Crippen LogP contribution in [0.5, 0.6) is 5.75 Å². The van der Waals surface area contributed by atoms with Gasteiger partial charge >= 0.3 is 12.1 Å². The first kappa shape index (κ1) is 28.5. The molecule has 3 aliphatic rings. The van der Waals surface area contributed by atoms with E-state index in [1.54, 1.807) is 26.0 Å². The number of aliphatic carboxylic acids is 1. The van der Waals surface area contributed by atoms with Gasteiger partial charge in [-0.2, -0.15) is 13.2 Å². The molecule has 0 aliphatic heterocycles. The zero-order valence-corrected chi connectivity index (χ0v) is 23.4. The molecule has 3 saturated carbocycles. The Balaban J connectivity index is 1.44. The molecule has 0 unspecified atom stereocenters. The van der Waals surface area contributed by atoms with Crippen molar-refractivity contribution in [2.24, 2.45) is 5.41 Å². The van der Waals surface area contributed by atoms with E-state index in [1.165, 1.54) is 4.90 Å². The second kappa shape index (κ2) is 12.2. The van der Waals surface area contributed by atoms with Crippen molar-refractivity contribution >= 4 is 11.9 Å². The lowest BCUT2D eigenvalue weighted by Gasteiger charge is -2.54. The van der Waals surface area contributed by atoms with Gasteiger partial charge in [-0.25, -0.2) is 0 Å². The first-order valence-corrected chi connectivity index (χ1v) is 14.2. The quantitative estimate of drug-likeness (QED) is 0.268. The van der Waals surface area contributed by atoms with E-state index < -0.39 is 23.6 Å². The van der Waals surface area contributed by atoms with E-state index in [9.17, 15) is 22.8 Å². The Morgan fingerprint density at radius 3 is 2.17 bits per heavy atom. The molecule has 2 bridgehead atoms. The molecule has 0 spiro atoms. The second-order valence-corrected chi connectivity index (χ2v) is 11.6. The predicted octanol–water partition coefficient (Wildman–Crippen LogP) is 7.92. The molecular formula is C32H40F3NO4. The van der Waals surface area contributed by atoms with Gasteiger partial charge in [-0.15, -0.1) is 0 Å². The molecule has 0 saturated heterocycles. The largest absolute Gasteiger partial charge is 0.493 e. The molecule has 0 atom stereocenters. The van der Waals surface area contributed by atoms with E-state index >= 15 is 0 Å². The number of fused-ring (bicyclic) bond motifs is 3. The summed E-state index contributed by atoms with van der Waals surface area (Å²) in [5.41, 5.74) is 0.375. The molecule has 2 aromatic rings. The second-order valence-electron chi connectivity index (χ2n) is 11.6. The smallest absolute Gasteiger partial charge is 0.394 e. The summed E-state index contributed by atoms with van der Waals surface area (Å²) in [5, 5.41) is 8.78. The normalized spacial score (nSPS) is 23.0. The van der Waals surface area contributed by atoms with Crippen LogP contribution in [0.1, 0.15) is 101 Å². The van der Waals surface area contributed by atoms with Gasteiger partial charge in [0.05, 0.1) is 13.4 Å². The van der Waals surface area contributed by atoms with E-state index in [0.717, 1.165) is 17.5 Å². The van der Waals surface area contributed by atoms with Gasteiger partial charge in [0.1, 0.15) is 5.75 Å². The average molecular weight is 561 g/mol. The summed E-state index contributed by atoms with van der Waals surface area (Å²) >= 11 is 0. The Labute approximate surface area is 236 Å². The number of carbonyl (C=O) groups excluding carboxylic acids is 1. The van der Waals surface area contributed by atoms with Crippen LogP contribution in [0.4, 0.5) is 13.2 Å². The molecule has 0 radical (unpaired) electrons. The van der Waals surface area contributed by atoms with Crippen molar-refractivity contribution in [1.29, 1.82) is 0 Å². The number of amides is 1. The maximum atomic E-state index is 13.7. The standard InChI is InChI=1S/C32H40F3NO4/c1-23(2)36(22-25-8-5-6-9-27(25)40-21-7-3-4-10-28(37)38)29(39)24-11-13-26(14-12-24)30-15-18-31(19-16-30,20-17-30)32(33,34)35/h5-6,8-9,11-14,23H,3-4,7,10,15-22H2,1-2H3,(H,37,38)/i23D. The van der Waals surface area contributed by atoms with Crippen LogP contribution < -0.4 is 4.74 Å². The van der Waals surface area contributed by atoms with Crippen LogP contribution >= 0.6 is 0 Å². The van der Waals surface area contributed by atoms with Gasteiger partial charge in [-0.05, 0) is 101 Å². The summed E-state index contributed by atoms with van der Waals surface area (Å²) in [6.07, 6.45) is -0.0269. The number of nitrogens with zero attached hydrogens (tertiary/aromatic N) is 1. The fourth-order valence-corrected chi connectivity index (χ4v) is 6.28. The van der Waals surface area contributed by atoms with E-state index in [2.05, 4.69) is 0 Å². The number of unbranched alkanes of at least 4 members (excludes halogenated alkanes) is 2. The lowest BCUT2D eigenvalue weighted by molar-refractivity contribution is -0.253. The van der Waals surface area contributed by atoms with Crippen molar-refractivity contribution in [3.63, 3.8) is 0 Å². The Morgan fingerprint density at radius 1 is 0.975 bits per heavy atom. The summed E-state index contributed by atoms with van der Waals surface area (Å²) in [5.74, 6) is -0.499. The summed E-state index contributed by atoms with van der Waals surface area (Å²) in [6, 6.07) is 13.4. The highest BCUT2D eigenvalue weighted by molar-refractivity contribution is 5.94. The van der Waals surface area contributed by atoms with Gasteiger partial charge in [0.2, 0.25) is 0 Å². The maximum Gasteiger partial charge on any atom is 0.394 e. The van der Waals surface area contributed by atoms with Crippen LogP contribution in [0.3, 0.4) is 0 Å². The van der Waals surface area contributed by atoms with E-state index in [-0.39, 0.29) is 43.6 Å². The van der Waals surface area contributed by atoms with Crippen molar-refractivity contribution in [1.82, 2.24) is 4.90 Å². The molecule has 2 aromatic carbocycles. The van der Waals surface area contributed by atoms with Crippen molar-refractivity contribution in [3.05, 3.63) is 65.2 Å². The van der Waals surface area contributed by atoms with Crippen molar-refractivity contribution in [3.8, 4) is 5.75 Å². The number of rotatable bonds is 12. The number of ether oxygens (including phenoxy) is 1. The summed E-state index contributed by atoms with van der Waals surface area (Å²) in [4.78, 5) is 25.9. The number of carboxylic acids is 1. The highest BCUT2D eigenvalue weighted by atomic mass is 19.4. The molecule has 5 nitrogen and oxygen atoms in total. The van der Waals surface area contributed by atoms with Crippen molar-refractivity contribution in [2.45, 2.75) is 102 Å². The minimum Gasteiger partial charge on any atom is -0.493 e. The van der Waals surface area contributed by atoms with Crippen molar-refractivity contribution in [2.75, 3.05) is 6.61 Å². The number of alkyl halides is 3. The monoisotopic (exact) mass is 560 g/mol. The molecule has 1 N–H and O–H groups in total.